The summed E-state index contributed by atoms with van der Waals surface area (Å²) in [6.45, 7) is 0. The molecule has 1 unspecified atom stereocenters. The van der Waals surface area contributed by atoms with Crippen LogP contribution in [-0.2, 0) is 21.2 Å². The van der Waals surface area contributed by atoms with Gasteiger partial charge in [0.2, 0.25) is 0 Å². The van der Waals surface area contributed by atoms with Gasteiger partial charge in [-0.15, -0.1) is 0 Å². The Bertz CT molecular complexity index is 101. The summed E-state index contributed by atoms with van der Waals surface area (Å²) in [5.41, 5.74) is 7.40. The summed E-state index contributed by atoms with van der Waals surface area (Å²) in [6.07, 6.45) is 0. The minimum Gasteiger partial charge on any atom is -0.154 e. The predicted octanol–water partition coefficient (Wildman–Crippen LogP) is 1.18. The van der Waals surface area contributed by atoms with Crippen LogP contribution in [0.4, 0.5) is 3.89 Å². The van der Waals surface area contributed by atoms with E-state index in [9.17, 15) is 3.89 Å². The SMILES string of the molecule is [N-]=[N+]=NS(F)=S. The number of rotatable bonds is 1. The average Bonchev–Trinajstić information content (AvgIpc) is 1.35. The molecule has 0 spiro atoms. The molecule has 0 aliphatic rings. The predicted molar refractivity (Wildman–Crippen MR) is 25.0 cm³/mol. The second-order valence-electron chi connectivity index (χ2n) is 0.378. The van der Waals surface area contributed by atoms with Crippen LogP contribution in [-0.4, -0.2) is 0 Å². The molecule has 0 rings (SSSR count). The summed E-state index contributed by atoms with van der Waals surface area (Å²) in [6, 6.07) is 0. The topological polar surface area (TPSA) is 48.8 Å². The zero-order chi connectivity index (χ0) is 4.99. The molecule has 0 N–H and O–H groups in total. The molecule has 0 bridgehead atoms. The summed E-state index contributed by atoms with van der Waals surface area (Å²) in [7, 11) is -2.02. The number of hydrogen-bond donors (Lipinski definition) is 0. The van der Waals surface area contributed by atoms with Gasteiger partial charge in [-0.3, -0.25) is 0 Å². The summed E-state index contributed by atoms with van der Waals surface area (Å²) in [4.78, 5) is 2.09. The van der Waals surface area contributed by atoms with Crippen LogP contribution in [0.3, 0.4) is 0 Å². The summed E-state index contributed by atoms with van der Waals surface area (Å²) < 4.78 is 13.6. The molecule has 1 atom stereocenters. The molecule has 0 amide bonds. The fourth-order valence-electron chi connectivity index (χ4n) is 0.0287. The molecule has 34 valence electrons. The van der Waals surface area contributed by atoms with Crippen molar-refractivity contribution in [2.45, 2.75) is 0 Å². The Hall–Kier alpha value is -0.190. The lowest BCUT2D eigenvalue weighted by Crippen LogP contribution is -1.54. The van der Waals surface area contributed by atoms with Crippen molar-refractivity contribution in [2.24, 2.45) is 4.52 Å². The lowest BCUT2D eigenvalue weighted by atomic mass is 13.0. The zero-order valence-corrected chi connectivity index (χ0v) is 4.17. The molecule has 6 heavy (non-hydrogen) atoms. The van der Waals surface area contributed by atoms with E-state index in [1.807, 2.05) is 0 Å². The van der Waals surface area contributed by atoms with Crippen LogP contribution in [0.2, 0.25) is 0 Å². The molecule has 0 aromatic rings. The smallest absolute Gasteiger partial charge is 0.147 e. The third-order valence-corrected chi connectivity index (χ3v) is 0.502. The van der Waals surface area contributed by atoms with E-state index in [4.69, 9.17) is 5.53 Å². The number of azide groups is 1. The Labute approximate surface area is 40.8 Å². The van der Waals surface area contributed by atoms with E-state index in [0.29, 0.717) is 0 Å². The fraction of sp³-hybridized carbons (Fsp3) is 0. The van der Waals surface area contributed by atoms with Crippen molar-refractivity contribution in [1.82, 2.24) is 0 Å². The Morgan fingerprint density at radius 1 is 2.00 bits per heavy atom. The van der Waals surface area contributed by atoms with Crippen molar-refractivity contribution in [3.05, 3.63) is 10.4 Å². The lowest BCUT2D eigenvalue weighted by molar-refractivity contribution is 0.929. The van der Waals surface area contributed by atoms with Gasteiger partial charge >= 0.3 is 0 Å². The van der Waals surface area contributed by atoms with Crippen LogP contribution in [0.25, 0.3) is 10.4 Å². The molecular weight excluding hydrogens is 125 g/mol. The Balaban J connectivity index is 3.60. The molecule has 0 aliphatic heterocycles. The van der Waals surface area contributed by atoms with Crippen molar-refractivity contribution < 1.29 is 3.89 Å². The first kappa shape index (κ1) is 5.81. The molecule has 0 saturated carbocycles. The van der Waals surface area contributed by atoms with Gasteiger partial charge in [0.05, 0.1) is 0 Å². The van der Waals surface area contributed by atoms with Gasteiger partial charge in [-0.05, 0) is 16.7 Å². The lowest BCUT2D eigenvalue weighted by Gasteiger charge is -1.63. The second kappa shape index (κ2) is 3.02. The van der Waals surface area contributed by atoms with Crippen molar-refractivity contribution in [3.63, 3.8) is 0 Å². The Kier molecular flexibility index (Phi) is 2.92. The summed E-state index contributed by atoms with van der Waals surface area (Å²) in [5.74, 6) is 0. The maximum atomic E-state index is 11.1. The van der Waals surface area contributed by atoms with E-state index < -0.39 is 10.0 Å². The van der Waals surface area contributed by atoms with E-state index in [-0.39, 0.29) is 0 Å². The monoisotopic (exact) mass is 125 g/mol. The van der Waals surface area contributed by atoms with Crippen molar-refractivity contribution in [3.8, 4) is 0 Å². The van der Waals surface area contributed by atoms with Gasteiger partial charge < -0.3 is 0 Å². The van der Waals surface area contributed by atoms with Crippen molar-refractivity contribution in [2.75, 3.05) is 0 Å². The molecule has 3 nitrogen and oxygen atoms in total. The van der Waals surface area contributed by atoms with Crippen LogP contribution in [0.1, 0.15) is 0 Å². The quantitative estimate of drug-likeness (QED) is 0.224. The second-order valence-corrected chi connectivity index (χ2v) is 1.78. The molecule has 0 aliphatic carbocycles. The van der Waals surface area contributed by atoms with Crippen LogP contribution in [0.15, 0.2) is 4.52 Å². The van der Waals surface area contributed by atoms with Gasteiger partial charge in [0.25, 0.3) is 0 Å². The highest BCUT2D eigenvalue weighted by Gasteiger charge is 1.71. The normalized spacial score (nSPS) is 12.2. The van der Waals surface area contributed by atoms with Crippen molar-refractivity contribution in [1.29, 1.82) is 0 Å². The Morgan fingerprint density at radius 2 is 2.50 bits per heavy atom. The molecule has 0 aromatic carbocycles. The first-order chi connectivity index (χ1) is 2.77. The average molecular weight is 125 g/mol. The summed E-state index contributed by atoms with van der Waals surface area (Å²) >= 11 is 3.82. The van der Waals surface area contributed by atoms with Gasteiger partial charge in [0.15, 0.2) is 0 Å². The van der Waals surface area contributed by atoms with Gasteiger partial charge in [0.1, 0.15) is 10.0 Å². The van der Waals surface area contributed by atoms with Gasteiger partial charge in [0, 0.05) is 9.43 Å². The van der Waals surface area contributed by atoms with E-state index >= 15 is 0 Å². The molecule has 0 aromatic heterocycles. The van der Waals surface area contributed by atoms with Crippen LogP contribution < -0.4 is 0 Å². The maximum Gasteiger partial charge on any atom is 0.147 e. The minimum atomic E-state index is -2.02. The number of nitrogens with zero attached hydrogens (tertiary/aromatic N) is 3. The highest BCUT2D eigenvalue weighted by atomic mass is 32.8. The standard InChI is InChI=1S/FN3S2/c1-6(5)4-3-2. The van der Waals surface area contributed by atoms with Gasteiger partial charge in [-0.2, -0.15) is 3.89 Å². The minimum absolute atomic E-state index is 2.02. The molecular formula is FN3S2. The van der Waals surface area contributed by atoms with Crippen LogP contribution in [0, 0.1) is 0 Å². The van der Waals surface area contributed by atoms with Crippen LogP contribution >= 0.6 is 0 Å². The van der Waals surface area contributed by atoms with E-state index in [1.165, 1.54) is 0 Å². The van der Waals surface area contributed by atoms with Gasteiger partial charge in [-0.25, -0.2) is 0 Å². The fourth-order valence-corrected chi connectivity index (χ4v) is 0.176. The molecule has 6 heteroatoms. The van der Waals surface area contributed by atoms with Crippen molar-refractivity contribution >= 4 is 21.2 Å². The molecule has 0 fully saturated rings. The summed E-state index contributed by atoms with van der Waals surface area (Å²) in [5, 5.41) is 0. The highest BCUT2D eigenvalue weighted by molar-refractivity contribution is 8.25. The Morgan fingerprint density at radius 3 is 2.50 bits per heavy atom. The third-order valence-electron chi connectivity index (χ3n) is 0.101. The van der Waals surface area contributed by atoms with E-state index in [2.05, 4.69) is 20.6 Å². The first-order valence-electron chi connectivity index (χ1n) is 0.904. The maximum absolute atomic E-state index is 11.1. The third kappa shape index (κ3) is 3.81. The molecule has 0 heterocycles. The highest BCUT2D eigenvalue weighted by Crippen LogP contribution is 1.82. The largest absolute Gasteiger partial charge is 0.154 e. The zero-order valence-electron chi connectivity index (χ0n) is 2.54. The van der Waals surface area contributed by atoms with E-state index in [1.54, 1.807) is 0 Å². The first-order valence-corrected chi connectivity index (χ1v) is 2.91. The molecule has 0 radical (unpaired) electrons. The number of halogens is 1. The van der Waals surface area contributed by atoms with Crippen LogP contribution in [0.5, 0.6) is 0 Å². The van der Waals surface area contributed by atoms with Gasteiger partial charge in [-0.1, -0.05) is 0 Å². The van der Waals surface area contributed by atoms with E-state index in [0.717, 1.165) is 0 Å². The number of hydrogen-bond acceptors (Lipinski definition) is 1. The molecule has 0 saturated heterocycles.